The second-order valence-corrected chi connectivity index (χ2v) is 8.99. The van der Waals surface area contributed by atoms with Crippen LogP contribution in [0.2, 0.25) is 0 Å². The molecule has 8 heteroatoms. The summed E-state index contributed by atoms with van der Waals surface area (Å²) >= 11 is 0. The number of hydrogen-bond donors (Lipinski definition) is 0. The molecule has 2 heterocycles. The molecular weight excluding hydrogens is 447 g/mol. The highest BCUT2D eigenvalue weighted by Gasteiger charge is 2.32. The minimum atomic E-state index is -0.208. The number of Topliss-reactive ketones (excluding diaryl/α,β-unsaturated/α-hetero) is 1. The zero-order chi connectivity index (χ0) is 24.5. The average molecular weight is 477 g/mol. The van der Waals surface area contributed by atoms with Crippen LogP contribution in [0.15, 0.2) is 42.5 Å². The lowest BCUT2D eigenvalue weighted by molar-refractivity contribution is 0.0961. The number of carbonyl (C=O) groups is 1. The second-order valence-electron chi connectivity index (χ2n) is 8.99. The summed E-state index contributed by atoms with van der Waals surface area (Å²) in [6.45, 7) is 4.58. The van der Waals surface area contributed by atoms with Crippen LogP contribution < -0.4 is 19.3 Å². The molecule has 0 amide bonds. The Bertz CT molecular complexity index is 1260. The van der Waals surface area contributed by atoms with Gasteiger partial charge in [-0.05, 0) is 37.1 Å². The van der Waals surface area contributed by atoms with Crippen LogP contribution in [0.3, 0.4) is 0 Å². The molecule has 0 saturated carbocycles. The van der Waals surface area contributed by atoms with Gasteiger partial charge in [0.15, 0.2) is 5.78 Å². The Kier molecular flexibility index (Phi) is 6.28. The van der Waals surface area contributed by atoms with E-state index in [2.05, 4.69) is 4.90 Å². The van der Waals surface area contributed by atoms with E-state index in [1.807, 2.05) is 42.2 Å². The minimum absolute atomic E-state index is 0.0316. The van der Waals surface area contributed by atoms with Crippen LogP contribution in [0.25, 0.3) is 0 Å². The number of ether oxygens (including phenoxy) is 2. The van der Waals surface area contributed by atoms with Crippen molar-refractivity contribution >= 4 is 17.4 Å². The molecule has 0 spiro atoms. The number of nitrogens with zero attached hydrogens (tertiary/aromatic N) is 4. The fraction of sp³-hybridized carbons (Fsp3) is 0.370. The van der Waals surface area contributed by atoms with Crippen LogP contribution in [-0.4, -0.2) is 56.1 Å². The zero-order valence-electron chi connectivity index (χ0n) is 20.3. The van der Waals surface area contributed by atoms with Gasteiger partial charge in [-0.2, -0.15) is 0 Å². The molecule has 182 valence electrons. The van der Waals surface area contributed by atoms with Crippen molar-refractivity contribution in [3.63, 3.8) is 0 Å². The SMILES string of the molecule is COc1ccc([C@H]2CC(=O)c3c(C)nc(N4CCN(c5ccccc5F)CC4)nc3C2)c(OC)c1. The maximum atomic E-state index is 14.2. The number of piperazine rings is 1. The topological polar surface area (TPSA) is 67.8 Å². The quantitative estimate of drug-likeness (QED) is 0.547. The Hall–Kier alpha value is -3.68. The predicted molar refractivity (Wildman–Crippen MR) is 133 cm³/mol. The summed E-state index contributed by atoms with van der Waals surface area (Å²) in [5.41, 5.74) is 3.73. The van der Waals surface area contributed by atoms with Crippen LogP contribution in [0.1, 0.15) is 39.6 Å². The first-order valence-corrected chi connectivity index (χ1v) is 11.9. The van der Waals surface area contributed by atoms with Gasteiger partial charge in [0.1, 0.15) is 17.3 Å². The summed E-state index contributed by atoms with van der Waals surface area (Å²) in [5.74, 6) is 1.87. The van der Waals surface area contributed by atoms with Gasteiger partial charge in [0.25, 0.3) is 0 Å². The van der Waals surface area contributed by atoms with Crippen LogP contribution in [-0.2, 0) is 6.42 Å². The van der Waals surface area contributed by atoms with Crippen molar-refractivity contribution in [2.75, 3.05) is 50.2 Å². The Balaban J connectivity index is 1.38. The molecule has 1 saturated heterocycles. The van der Waals surface area contributed by atoms with Gasteiger partial charge in [0.2, 0.25) is 5.95 Å². The standard InChI is InChI=1S/C27H29FN4O3/c1-17-26-22(14-18(15-24(26)33)20-9-8-19(34-2)16-25(20)35-3)30-27(29-17)32-12-10-31(11-13-32)23-7-5-4-6-21(23)28/h4-9,16,18H,10-15H2,1-3H3/t18-/m1/s1. The molecule has 7 nitrogen and oxygen atoms in total. The molecule has 1 atom stereocenters. The second kappa shape index (κ2) is 9.52. The summed E-state index contributed by atoms with van der Waals surface area (Å²) < 4.78 is 25.1. The lowest BCUT2D eigenvalue weighted by Gasteiger charge is -2.36. The summed E-state index contributed by atoms with van der Waals surface area (Å²) in [4.78, 5) is 26.9. The number of ketones is 1. The van der Waals surface area contributed by atoms with Crippen molar-refractivity contribution in [1.29, 1.82) is 0 Å². The third kappa shape index (κ3) is 4.40. The molecule has 2 aliphatic rings. The number of rotatable bonds is 5. The molecule has 3 aromatic rings. The molecule has 2 aromatic carbocycles. The molecule has 35 heavy (non-hydrogen) atoms. The number of benzene rings is 2. The first kappa shape index (κ1) is 23.1. The zero-order valence-corrected chi connectivity index (χ0v) is 20.3. The lowest BCUT2D eigenvalue weighted by Crippen LogP contribution is -2.47. The number of halogens is 1. The van der Waals surface area contributed by atoms with Gasteiger partial charge in [0, 0.05) is 44.6 Å². The molecule has 1 aliphatic heterocycles. The van der Waals surface area contributed by atoms with E-state index in [4.69, 9.17) is 19.4 Å². The molecule has 0 N–H and O–H groups in total. The van der Waals surface area contributed by atoms with Crippen LogP contribution in [0.4, 0.5) is 16.0 Å². The normalized spacial score (nSPS) is 17.8. The number of aromatic nitrogens is 2. The first-order valence-electron chi connectivity index (χ1n) is 11.9. The van der Waals surface area contributed by atoms with Crippen molar-refractivity contribution in [2.45, 2.75) is 25.7 Å². The third-order valence-corrected chi connectivity index (χ3v) is 6.94. The van der Waals surface area contributed by atoms with Crippen LogP contribution in [0, 0.1) is 12.7 Å². The highest BCUT2D eigenvalue weighted by atomic mass is 19.1. The Morgan fingerprint density at radius 2 is 1.69 bits per heavy atom. The molecule has 1 fully saturated rings. The number of carbonyl (C=O) groups excluding carboxylic acids is 1. The Morgan fingerprint density at radius 3 is 2.40 bits per heavy atom. The highest BCUT2D eigenvalue weighted by molar-refractivity contribution is 5.99. The van der Waals surface area contributed by atoms with Crippen molar-refractivity contribution in [3.8, 4) is 11.5 Å². The molecule has 0 bridgehead atoms. The van der Waals surface area contributed by atoms with Gasteiger partial charge in [-0.3, -0.25) is 4.79 Å². The van der Waals surface area contributed by atoms with Gasteiger partial charge in [-0.15, -0.1) is 0 Å². The van der Waals surface area contributed by atoms with Crippen molar-refractivity contribution in [1.82, 2.24) is 9.97 Å². The predicted octanol–water partition coefficient (Wildman–Crippen LogP) is 4.18. The molecule has 5 rings (SSSR count). The van der Waals surface area contributed by atoms with Gasteiger partial charge in [-0.1, -0.05) is 18.2 Å². The maximum Gasteiger partial charge on any atom is 0.225 e. The summed E-state index contributed by atoms with van der Waals surface area (Å²) in [7, 11) is 3.24. The molecule has 0 unspecified atom stereocenters. The first-order chi connectivity index (χ1) is 17.0. The van der Waals surface area contributed by atoms with E-state index in [0.29, 0.717) is 73.4 Å². The Labute approximate surface area is 204 Å². The highest BCUT2D eigenvalue weighted by Crippen LogP contribution is 2.39. The van der Waals surface area contributed by atoms with Crippen molar-refractivity contribution in [2.24, 2.45) is 0 Å². The third-order valence-electron chi connectivity index (χ3n) is 6.94. The summed E-state index contributed by atoms with van der Waals surface area (Å²) in [6.07, 6.45) is 1.02. The van der Waals surface area contributed by atoms with Gasteiger partial charge >= 0.3 is 0 Å². The molecule has 1 aliphatic carbocycles. The number of para-hydroxylation sites is 1. The fourth-order valence-corrected chi connectivity index (χ4v) is 5.13. The van der Waals surface area contributed by atoms with E-state index >= 15 is 0 Å². The van der Waals surface area contributed by atoms with Gasteiger partial charge in [0.05, 0.1) is 36.9 Å². The largest absolute Gasteiger partial charge is 0.497 e. The van der Waals surface area contributed by atoms with Gasteiger partial charge in [-0.25, -0.2) is 14.4 Å². The average Bonchev–Trinajstić information content (AvgIpc) is 2.88. The van der Waals surface area contributed by atoms with E-state index in [0.717, 1.165) is 11.3 Å². The number of hydrogen-bond acceptors (Lipinski definition) is 7. The number of fused-ring (bicyclic) bond motifs is 1. The molecule has 1 aromatic heterocycles. The van der Waals surface area contributed by atoms with Crippen molar-refractivity contribution in [3.05, 3.63) is 70.8 Å². The van der Waals surface area contributed by atoms with E-state index in [1.165, 1.54) is 6.07 Å². The maximum absolute atomic E-state index is 14.2. The summed E-state index contributed by atoms with van der Waals surface area (Å²) in [6, 6.07) is 12.6. The van der Waals surface area contributed by atoms with Crippen LogP contribution in [0.5, 0.6) is 11.5 Å². The number of methoxy groups -OCH3 is 2. The van der Waals surface area contributed by atoms with Crippen molar-refractivity contribution < 1.29 is 18.7 Å². The number of aryl methyl sites for hydroxylation is 1. The smallest absolute Gasteiger partial charge is 0.225 e. The lowest BCUT2D eigenvalue weighted by atomic mass is 9.81. The Morgan fingerprint density at radius 1 is 0.943 bits per heavy atom. The van der Waals surface area contributed by atoms with Crippen LogP contribution >= 0.6 is 0 Å². The fourth-order valence-electron chi connectivity index (χ4n) is 5.13. The van der Waals surface area contributed by atoms with E-state index in [-0.39, 0.29) is 17.5 Å². The molecular formula is C27H29FN4O3. The van der Waals surface area contributed by atoms with E-state index in [9.17, 15) is 9.18 Å². The van der Waals surface area contributed by atoms with E-state index < -0.39 is 0 Å². The monoisotopic (exact) mass is 476 g/mol. The van der Waals surface area contributed by atoms with Gasteiger partial charge < -0.3 is 19.3 Å². The van der Waals surface area contributed by atoms with E-state index in [1.54, 1.807) is 20.3 Å². The number of anilines is 2. The summed E-state index contributed by atoms with van der Waals surface area (Å²) in [5, 5.41) is 0. The minimum Gasteiger partial charge on any atom is -0.497 e. The molecule has 0 radical (unpaired) electrons.